The van der Waals surface area contributed by atoms with Crippen molar-refractivity contribution in [2.24, 2.45) is 0 Å². The van der Waals surface area contributed by atoms with Crippen molar-refractivity contribution < 1.29 is 9.21 Å². The molecule has 1 aromatic carbocycles. The number of rotatable bonds is 3. The Morgan fingerprint density at radius 1 is 1.30 bits per heavy atom. The molecule has 100 valence electrons. The molecule has 1 N–H and O–H groups in total. The van der Waals surface area contributed by atoms with Gasteiger partial charge in [0.25, 0.3) is 5.91 Å². The zero-order valence-electron chi connectivity index (χ0n) is 10.0. The molecule has 2 heterocycles. The Morgan fingerprint density at radius 2 is 2.15 bits per heavy atom. The lowest BCUT2D eigenvalue weighted by atomic mass is 10.2. The number of nitrogens with one attached hydrogen (secondary N) is 1. The van der Waals surface area contributed by atoms with Crippen LogP contribution in [0.25, 0.3) is 5.69 Å². The van der Waals surface area contributed by atoms with E-state index in [-0.39, 0.29) is 5.91 Å². The van der Waals surface area contributed by atoms with E-state index >= 15 is 0 Å². The van der Waals surface area contributed by atoms with Crippen LogP contribution in [-0.4, -0.2) is 26.1 Å². The molecule has 3 rings (SSSR count). The SMILES string of the molecule is O=C(Nc1ccccc1-n1cnnn1)c1ccoc1Br. The summed E-state index contributed by atoms with van der Waals surface area (Å²) in [6, 6.07) is 8.80. The molecule has 0 fully saturated rings. The fourth-order valence-electron chi connectivity index (χ4n) is 1.70. The zero-order chi connectivity index (χ0) is 13.9. The van der Waals surface area contributed by atoms with Crippen molar-refractivity contribution in [1.29, 1.82) is 0 Å². The average Bonchev–Trinajstić information content (AvgIpc) is 3.10. The number of carbonyl (C=O) groups is 1. The van der Waals surface area contributed by atoms with Gasteiger partial charge < -0.3 is 9.73 Å². The summed E-state index contributed by atoms with van der Waals surface area (Å²) in [7, 11) is 0. The molecule has 0 unspecified atom stereocenters. The van der Waals surface area contributed by atoms with Gasteiger partial charge in [-0.3, -0.25) is 4.79 Å². The number of tetrazole rings is 1. The van der Waals surface area contributed by atoms with E-state index < -0.39 is 0 Å². The van der Waals surface area contributed by atoms with Gasteiger partial charge in [0.15, 0.2) is 4.67 Å². The summed E-state index contributed by atoms with van der Waals surface area (Å²) in [6.07, 6.45) is 2.89. The maximum atomic E-state index is 12.2. The molecule has 0 atom stereocenters. The molecule has 0 aliphatic heterocycles. The topological polar surface area (TPSA) is 85.8 Å². The highest BCUT2D eigenvalue weighted by molar-refractivity contribution is 9.10. The normalized spacial score (nSPS) is 10.4. The van der Waals surface area contributed by atoms with Gasteiger partial charge in [-0.05, 0) is 44.6 Å². The second kappa shape index (κ2) is 5.25. The lowest BCUT2D eigenvalue weighted by Gasteiger charge is -2.09. The Labute approximate surface area is 121 Å². The zero-order valence-corrected chi connectivity index (χ0v) is 11.6. The number of amides is 1. The van der Waals surface area contributed by atoms with Crippen LogP contribution in [0.3, 0.4) is 0 Å². The van der Waals surface area contributed by atoms with Gasteiger partial charge in [0, 0.05) is 0 Å². The van der Waals surface area contributed by atoms with Crippen molar-refractivity contribution in [3.05, 3.63) is 53.2 Å². The van der Waals surface area contributed by atoms with Gasteiger partial charge in [-0.2, -0.15) is 4.68 Å². The van der Waals surface area contributed by atoms with Gasteiger partial charge >= 0.3 is 0 Å². The third-order valence-corrected chi connectivity index (χ3v) is 3.22. The fourth-order valence-corrected chi connectivity index (χ4v) is 2.12. The molecule has 0 saturated carbocycles. The second-order valence-corrected chi connectivity index (χ2v) is 4.55. The first-order valence-electron chi connectivity index (χ1n) is 5.62. The number of carbonyl (C=O) groups excluding carboxylic acids is 1. The van der Waals surface area contributed by atoms with Crippen LogP contribution in [-0.2, 0) is 0 Å². The maximum Gasteiger partial charge on any atom is 0.260 e. The number of anilines is 1. The molecular formula is C12H8BrN5O2. The molecular weight excluding hydrogens is 326 g/mol. The Bertz CT molecular complexity index is 738. The molecule has 3 aromatic rings. The fraction of sp³-hybridized carbons (Fsp3) is 0. The number of halogens is 1. The van der Waals surface area contributed by atoms with Crippen LogP contribution in [0.15, 0.2) is 52.0 Å². The summed E-state index contributed by atoms with van der Waals surface area (Å²) < 4.78 is 6.90. The molecule has 8 heteroatoms. The maximum absolute atomic E-state index is 12.2. The number of furan rings is 1. The molecule has 7 nitrogen and oxygen atoms in total. The minimum Gasteiger partial charge on any atom is -0.457 e. The molecule has 2 aromatic heterocycles. The molecule has 1 amide bonds. The average molecular weight is 334 g/mol. The summed E-state index contributed by atoms with van der Waals surface area (Å²) in [5.74, 6) is -0.286. The Hall–Kier alpha value is -2.48. The highest BCUT2D eigenvalue weighted by Gasteiger charge is 2.15. The van der Waals surface area contributed by atoms with Gasteiger partial charge in [-0.1, -0.05) is 12.1 Å². The second-order valence-electron chi connectivity index (χ2n) is 3.83. The summed E-state index contributed by atoms with van der Waals surface area (Å²) in [4.78, 5) is 12.2. The van der Waals surface area contributed by atoms with Crippen molar-refractivity contribution in [1.82, 2.24) is 20.2 Å². The third-order valence-electron chi connectivity index (χ3n) is 2.61. The summed E-state index contributed by atoms with van der Waals surface area (Å²) in [5.41, 5.74) is 1.68. The van der Waals surface area contributed by atoms with Crippen LogP contribution in [0.1, 0.15) is 10.4 Å². The van der Waals surface area contributed by atoms with Crippen molar-refractivity contribution in [2.75, 3.05) is 5.32 Å². The third kappa shape index (κ3) is 2.32. The van der Waals surface area contributed by atoms with Gasteiger partial charge in [0.1, 0.15) is 6.33 Å². The van der Waals surface area contributed by atoms with Crippen molar-refractivity contribution in [2.45, 2.75) is 0 Å². The lowest BCUT2D eigenvalue weighted by Crippen LogP contribution is -2.13. The first-order chi connectivity index (χ1) is 9.75. The molecule has 0 bridgehead atoms. The smallest absolute Gasteiger partial charge is 0.260 e. The van der Waals surface area contributed by atoms with Gasteiger partial charge in [0.2, 0.25) is 0 Å². The number of aromatic nitrogens is 4. The molecule has 0 aliphatic rings. The summed E-state index contributed by atoms with van der Waals surface area (Å²) >= 11 is 3.17. The van der Waals surface area contributed by atoms with E-state index in [2.05, 4.69) is 36.8 Å². The molecule has 20 heavy (non-hydrogen) atoms. The van der Waals surface area contributed by atoms with E-state index in [1.165, 1.54) is 17.3 Å². The molecule has 0 saturated heterocycles. The van der Waals surface area contributed by atoms with E-state index in [0.29, 0.717) is 21.6 Å². The molecule has 0 spiro atoms. The highest BCUT2D eigenvalue weighted by atomic mass is 79.9. The summed E-state index contributed by atoms with van der Waals surface area (Å²) in [6.45, 7) is 0. The first-order valence-corrected chi connectivity index (χ1v) is 6.42. The summed E-state index contributed by atoms with van der Waals surface area (Å²) in [5, 5.41) is 13.8. The molecule has 0 radical (unpaired) electrons. The minimum absolute atomic E-state index is 0.286. The van der Waals surface area contributed by atoms with Crippen LogP contribution in [0.5, 0.6) is 0 Å². The Morgan fingerprint density at radius 3 is 2.85 bits per heavy atom. The van der Waals surface area contributed by atoms with E-state index in [1.54, 1.807) is 18.2 Å². The standard InChI is InChI=1S/C12H8BrN5O2/c13-11-8(5-6-20-11)12(19)15-9-3-1-2-4-10(9)18-7-14-16-17-18/h1-7H,(H,15,19). The lowest BCUT2D eigenvalue weighted by molar-refractivity contribution is 0.102. The predicted octanol–water partition coefficient (Wildman–Crippen LogP) is 2.27. The van der Waals surface area contributed by atoms with E-state index in [9.17, 15) is 4.79 Å². The van der Waals surface area contributed by atoms with Crippen LogP contribution in [0, 0.1) is 0 Å². The van der Waals surface area contributed by atoms with Gasteiger partial charge in [-0.25, -0.2) is 0 Å². The largest absolute Gasteiger partial charge is 0.457 e. The monoisotopic (exact) mass is 333 g/mol. The van der Waals surface area contributed by atoms with E-state index in [1.807, 2.05) is 12.1 Å². The van der Waals surface area contributed by atoms with Crippen molar-refractivity contribution in [3.8, 4) is 5.69 Å². The number of benzene rings is 1. The Balaban J connectivity index is 1.92. The van der Waals surface area contributed by atoms with Gasteiger partial charge in [-0.15, -0.1) is 5.10 Å². The van der Waals surface area contributed by atoms with Crippen LogP contribution >= 0.6 is 15.9 Å². The predicted molar refractivity (Wildman–Crippen MR) is 73.5 cm³/mol. The van der Waals surface area contributed by atoms with Crippen LogP contribution in [0.4, 0.5) is 5.69 Å². The van der Waals surface area contributed by atoms with Crippen molar-refractivity contribution in [3.63, 3.8) is 0 Å². The number of para-hydroxylation sites is 2. The minimum atomic E-state index is -0.286. The van der Waals surface area contributed by atoms with Crippen molar-refractivity contribution >= 4 is 27.5 Å². The Kier molecular flexibility index (Phi) is 3.30. The van der Waals surface area contributed by atoms with Crippen LogP contribution < -0.4 is 5.32 Å². The first kappa shape index (κ1) is 12.5. The number of nitrogens with zero attached hydrogens (tertiary/aromatic N) is 4. The van der Waals surface area contributed by atoms with Crippen LogP contribution in [0.2, 0.25) is 0 Å². The number of hydrogen-bond donors (Lipinski definition) is 1. The highest BCUT2D eigenvalue weighted by Crippen LogP contribution is 2.22. The van der Waals surface area contributed by atoms with Gasteiger partial charge in [0.05, 0.1) is 23.2 Å². The number of hydrogen-bond acceptors (Lipinski definition) is 5. The molecule has 0 aliphatic carbocycles. The van der Waals surface area contributed by atoms with E-state index in [4.69, 9.17) is 4.42 Å². The van der Waals surface area contributed by atoms with E-state index in [0.717, 1.165) is 0 Å². The quantitative estimate of drug-likeness (QED) is 0.794.